The highest BCUT2D eigenvalue weighted by atomic mass is 28.3. The van der Waals surface area contributed by atoms with Crippen molar-refractivity contribution in [3.63, 3.8) is 0 Å². The molecule has 0 atom stereocenters. The highest BCUT2D eigenvalue weighted by Gasteiger charge is 2.44. The predicted octanol–water partition coefficient (Wildman–Crippen LogP) is 14.2. The Morgan fingerprint density at radius 1 is 0.234 bits per heavy atom. The van der Waals surface area contributed by atoms with Gasteiger partial charge in [0.25, 0.3) is 0 Å². The standard InChI is InChI=1S/C70H46N6Si/c1-3-23-49(24-4-1)77(50-25-5-2-6-26-50,51-27-21-22-47(44-51)73-60-35-14-7-28-52(60)53-29-8-15-36-61(53)73)69-46-68(75-64-39-18-11-32-56(64)57-33-12-19-40-65(57)75)71-70(72-69)76-66-41-20-13-34-58(66)59-45-48(42-43-67(59)76)74-62-37-16-9-30-54(62)55-31-10-17-38-63(55)74/h1-46H. The first-order valence-electron chi connectivity index (χ1n) is 26.3. The van der Waals surface area contributed by atoms with Gasteiger partial charge in [0.15, 0.2) is 0 Å². The van der Waals surface area contributed by atoms with Gasteiger partial charge in [0.1, 0.15) is 5.82 Å². The number of nitrogens with zero attached hydrogens (tertiary/aromatic N) is 6. The summed E-state index contributed by atoms with van der Waals surface area (Å²) in [6, 6.07) is 102. The van der Waals surface area contributed by atoms with Gasteiger partial charge in [-0.05, 0) is 94.4 Å². The van der Waals surface area contributed by atoms with E-state index in [1.807, 2.05) is 0 Å². The summed E-state index contributed by atoms with van der Waals surface area (Å²) < 4.78 is 9.51. The van der Waals surface area contributed by atoms with Crippen molar-refractivity contribution in [3.8, 4) is 23.1 Å². The second-order valence-corrected chi connectivity index (χ2v) is 23.9. The van der Waals surface area contributed by atoms with E-state index in [-0.39, 0.29) is 0 Å². The fourth-order valence-electron chi connectivity index (χ4n) is 12.9. The lowest BCUT2D eigenvalue weighted by Gasteiger charge is -2.34. The van der Waals surface area contributed by atoms with Gasteiger partial charge in [-0.1, -0.05) is 200 Å². The van der Waals surface area contributed by atoms with Gasteiger partial charge in [0, 0.05) is 59.8 Å². The molecule has 5 aromatic heterocycles. The zero-order chi connectivity index (χ0) is 50.6. The van der Waals surface area contributed by atoms with E-state index in [2.05, 4.69) is 297 Å². The van der Waals surface area contributed by atoms with E-state index in [1.165, 1.54) is 69.9 Å². The molecule has 0 aliphatic rings. The minimum Gasteiger partial charge on any atom is -0.309 e. The van der Waals surface area contributed by atoms with Crippen molar-refractivity contribution in [2.24, 2.45) is 0 Å². The summed E-state index contributed by atoms with van der Waals surface area (Å²) in [6.45, 7) is 0. The molecular formula is C70H46N6Si. The maximum absolute atomic E-state index is 6.08. The molecule has 16 aromatic rings. The number of aromatic nitrogens is 6. The first-order chi connectivity index (χ1) is 38.2. The third-order valence-electron chi connectivity index (χ3n) is 16.1. The summed E-state index contributed by atoms with van der Waals surface area (Å²) in [4.78, 5) is 11.9. The summed E-state index contributed by atoms with van der Waals surface area (Å²) in [5, 5.41) is 14.2. The van der Waals surface area contributed by atoms with Gasteiger partial charge in [0.2, 0.25) is 14.0 Å². The number of fused-ring (bicyclic) bond motifs is 12. The third-order valence-corrected chi connectivity index (χ3v) is 20.7. The van der Waals surface area contributed by atoms with Crippen LogP contribution in [-0.4, -0.2) is 36.3 Å². The van der Waals surface area contributed by atoms with Gasteiger partial charge in [-0.15, -0.1) is 0 Å². The number of hydrogen-bond acceptors (Lipinski definition) is 2. The van der Waals surface area contributed by atoms with E-state index in [9.17, 15) is 0 Å². The molecule has 77 heavy (non-hydrogen) atoms. The van der Waals surface area contributed by atoms with E-state index in [0.717, 1.165) is 55.3 Å². The molecule has 0 fully saturated rings. The smallest absolute Gasteiger partial charge is 0.236 e. The van der Waals surface area contributed by atoms with Gasteiger partial charge in [-0.25, -0.2) is 4.98 Å². The lowest BCUT2D eigenvalue weighted by atomic mass is 10.1. The van der Waals surface area contributed by atoms with Crippen LogP contribution in [0.15, 0.2) is 279 Å². The molecule has 0 saturated carbocycles. The second-order valence-electron chi connectivity index (χ2n) is 20.1. The average Bonchev–Trinajstić information content (AvgIpc) is 4.44. The van der Waals surface area contributed by atoms with Crippen LogP contribution < -0.4 is 20.9 Å². The number of benzene rings is 11. The number of para-hydroxylation sites is 7. The van der Waals surface area contributed by atoms with Crippen molar-refractivity contribution in [3.05, 3.63) is 279 Å². The SMILES string of the molecule is c1ccc([Si](c2ccccc2)(c2cccc(-n3c4ccccc4c4ccccc43)c2)c2cc(-n3c4ccccc4c4ccccc43)nc(-n3c4ccccc4c4cc(-n5c6ccccc6c6ccccc65)ccc43)n2)cc1. The molecule has 5 heterocycles. The first kappa shape index (κ1) is 43.3. The van der Waals surface area contributed by atoms with E-state index in [4.69, 9.17) is 9.97 Å². The van der Waals surface area contributed by atoms with Crippen molar-refractivity contribution in [2.75, 3.05) is 0 Å². The molecule has 0 spiro atoms. The molecule has 0 aliphatic heterocycles. The summed E-state index contributed by atoms with van der Waals surface area (Å²) in [7, 11) is -3.43. The Balaban J connectivity index is 1.03. The van der Waals surface area contributed by atoms with E-state index in [1.54, 1.807) is 0 Å². The lowest BCUT2D eigenvalue weighted by Crippen LogP contribution is -2.75. The van der Waals surface area contributed by atoms with E-state index < -0.39 is 8.07 Å². The normalized spacial score (nSPS) is 12.2. The minimum absolute atomic E-state index is 0.609. The van der Waals surface area contributed by atoms with Gasteiger partial charge in [0.05, 0.1) is 44.1 Å². The van der Waals surface area contributed by atoms with Crippen molar-refractivity contribution in [2.45, 2.75) is 0 Å². The van der Waals surface area contributed by atoms with E-state index >= 15 is 0 Å². The Morgan fingerprint density at radius 3 is 1.04 bits per heavy atom. The lowest BCUT2D eigenvalue weighted by molar-refractivity contribution is 0.958. The summed E-state index contributed by atoms with van der Waals surface area (Å²) >= 11 is 0. The molecule has 0 saturated heterocycles. The molecule has 0 aliphatic carbocycles. The van der Waals surface area contributed by atoms with E-state index in [0.29, 0.717) is 5.95 Å². The van der Waals surface area contributed by atoms with Crippen LogP contribution in [-0.2, 0) is 0 Å². The molecule has 0 amide bonds. The third kappa shape index (κ3) is 6.35. The second kappa shape index (κ2) is 17.0. The Bertz CT molecular complexity index is 4810. The zero-order valence-electron chi connectivity index (χ0n) is 41.7. The molecule has 360 valence electrons. The van der Waals surface area contributed by atoms with Crippen LogP contribution in [0.5, 0.6) is 0 Å². The van der Waals surface area contributed by atoms with Crippen molar-refractivity contribution >= 4 is 116 Å². The molecule has 0 radical (unpaired) electrons. The van der Waals surface area contributed by atoms with Crippen LogP contribution >= 0.6 is 0 Å². The Labute approximate surface area is 444 Å². The number of hydrogen-bond donors (Lipinski definition) is 0. The summed E-state index contributed by atoms with van der Waals surface area (Å²) in [5.41, 5.74) is 11.1. The van der Waals surface area contributed by atoms with Gasteiger partial charge in [-0.3, -0.25) is 9.13 Å². The molecule has 6 nitrogen and oxygen atoms in total. The molecule has 11 aromatic carbocycles. The summed E-state index contributed by atoms with van der Waals surface area (Å²) in [6.07, 6.45) is 0. The van der Waals surface area contributed by atoms with Crippen LogP contribution in [0.25, 0.3) is 110 Å². The van der Waals surface area contributed by atoms with Crippen molar-refractivity contribution in [1.29, 1.82) is 0 Å². The topological polar surface area (TPSA) is 45.5 Å². The van der Waals surface area contributed by atoms with Crippen LogP contribution in [0.1, 0.15) is 0 Å². The molecular weight excluding hydrogens is 953 g/mol. The minimum atomic E-state index is -3.43. The first-order valence-corrected chi connectivity index (χ1v) is 28.3. The molecule has 7 heteroatoms. The van der Waals surface area contributed by atoms with Crippen molar-refractivity contribution < 1.29 is 0 Å². The van der Waals surface area contributed by atoms with Crippen LogP contribution in [0, 0.1) is 0 Å². The Hall–Kier alpha value is -10.1. The highest BCUT2D eigenvalue weighted by Crippen LogP contribution is 2.38. The maximum atomic E-state index is 6.08. The predicted molar refractivity (Wildman–Crippen MR) is 323 cm³/mol. The fraction of sp³-hybridized carbons (Fsp3) is 0. The van der Waals surface area contributed by atoms with Gasteiger partial charge < -0.3 is 9.13 Å². The van der Waals surface area contributed by atoms with Gasteiger partial charge >= 0.3 is 0 Å². The summed E-state index contributed by atoms with van der Waals surface area (Å²) in [5.74, 6) is 1.41. The highest BCUT2D eigenvalue weighted by molar-refractivity contribution is 7.19. The Kier molecular flexibility index (Phi) is 9.55. The van der Waals surface area contributed by atoms with Gasteiger partial charge in [-0.2, -0.15) is 4.98 Å². The average molecular weight is 999 g/mol. The molecule has 16 rings (SSSR count). The van der Waals surface area contributed by atoms with Crippen LogP contribution in [0.3, 0.4) is 0 Å². The maximum Gasteiger partial charge on any atom is 0.236 e. The number of rotatable bonds is 8. The Morgan fingerprint density at radius 2 is 0.584 bits per heavy atom. The molecule has 0 N–H and O–H groups in total. The zero-order valence-corrected chi connectivity index (χ0v) is 42.7. The monoisotopic (exact) mass is 998 g/mol. The molecule has 0 unspecified atom stereocenters. The fourth-order valence-corrected chi connectivity index (χ4v) is 17.5. The van der Waals surface area contributed by atoms with Crippen LogP contribution in [0.2, 0.25) is 0 Å². The quantitative estimate of drug-likeness (QED) is 0.112. The molecule has 0 bridgehead atoms. The van der Waals surface area contributed by atoms with Crippen LogP contribution in [0.4, 0.5) is 0 Å². The van der Waals surface area contributed by atoms with Crippen molar-refractivity contribution in [1.82, 2.24) is 28.2 Å². The largest absolute Gasteiger partial charge is 0.309 e.